The molecule has 2 unspecified atom stereocenters. The van der Waals surface area contributed by atoms with Gasteiger partial charge in [0.15, 0.2) is 0 Å². The molecule has 1 aliphatic rings. The van der Waals surface area contributed by atoms with Gasteiger partial charge in [0.05, 0.1) is 9.72 Å². The summed E-state index contributed by atoms with van der Waals surface area (Å²) in [4.78, 5) is 13.4. The summed E-state index contributed by atoms with van der Waals surface area (Å²) in [5.74, 6) is 0.998. The fourth-order valence-corrected chi connectivity index (χ4v) is 3.64. The van der Waals surface area contributed by atoms with E-state index in [0.717, 1.165) is 10.2 Å². The molecule has 0 N–H and O–H groups in total. The van der Waals surface area contributed by atoms with Gasteiger partial charge in [-0.2, -0.15) is 0 Å². The minimum Gasteiger partial charge on any atom is -0.489 e. The number of carbonyl (C=O) groups is 1. The average Bonchev–Trinajstić information content (AvgIpc) is 2.56. The van der Waals surface area contributed by atoms with Crippen molar-refractivity contribution in [3.8, 4) is 5.75 Å². The van der Waals surface area contributed by atoms with E-state index >= 15 is 0 Å². The first-order chi connectivity index (χ1) is 8.49. The zero-order chi connectivity index (χ0) is 13.3. The van der Waals surface area contributed by atoms with Gasteiger partial charge in [-0.3, -0.25) is 4.79 Å². The third kappa shape index (κ3) is 2.83. The molecule has 1 heterocycles. The first-order valence-corrected chi connectivity index (χ1v) is 7.53. The molecule has 0 radical (unpaired) electrons. The Morgan fingerprint density at radius 1 is 1.50 bits per heavy atom. The maximum absolute atomic E-state index is 11.7. The summed E-state index contributed by atoms with van der Waals surface area (Å²) in [7, 11) is 1.83. The van der Waals surface area contributed by atoms with Crippen molar-refractivity contribution in [1.29, 1.82) is 0 Å². The number of carbonyl (C=O) groups excluding carboxylic acids is 1. The van der Waals surface area contributed by atoms with Crippen LogP contribution in [0.3, 0.4) is 0 Å². The summed E-state index contributed by atoms with van der Waals surface area (Å²) in [6.07, 6.45) is 0. The molecule has 1 aliphatic heterocycles. The third-order valence-electron chi connectivity index (χ3n) is 2.96. The highest BCUT2D eigenvalue weighted by Gasteiger charge is 2.35. The van der Waals surface area contributed by atoms with Crippen LogP contribution in [0.15, 0.2) is 22.7 Å². The number of likely N-dealkylation sites (N-methyl/N-ethyl adjacent to an activating group) is 1. The third-order valence-corrected chi connectivity index (χ3v) is 4.95. The van der Waals surface area contributed by atoms with Crippen molar-refractivity contribution >= 4 is 33.6 Å². The number of benzene rings is 1. The molecule has 0 saturated carbocycles. The van der Waals surface area contributed by atoms with Crippen molar-refractivity contribution in [3.05, 3.63) is 28.2 Å². The van der Waals surface area contributed by atoms with Crippen LogP contribution in [0.5, 0.6) is 5.75 Å². The molecule has 1 fully saturated rings. The van der Waals surface area contributed by atoms with Crippen molar-refractivity contribution in [1.82, 2.24) is 4.90 Å². The SMILES string of the molecule is Cc1ccc(OCC2SC(C)C(=O)N2C)c(Br)c1. The Morgan fingerprint density at radius 3 is 2.78 bits per heavy atom. The molecule has 1 saturated heterocycles. The van der Waals surface area contributed by atoms with Crippen molar-refractivity contribution in [2.24, 2.45) is 0 Å². The molecule has 18 heavy (non-hydrogen) atoms. The summed E-state index contributed by atoms with van der Waals surface area (Å²) < 4.78 is 6.73. The van der Waals surface area contributed by atoms with Gasteiger partial charge < -0.3 is 9.64 Å². The lowest BCUT2D eigenvalue weighted by molar-refractivity contribution is -0.128. The first-order valence-electron chi connectivity index (χ1n) is 5.80. The van der Waals surface area contributed by atoms with E-state index in [1.807, 2.05) is 39.1 Å². The van der Waals surface area contributed by atoms with E-state index in [1.165, 1.54) is 5.56 Å². The summed E-state index contributed by atoms with van der Waals surface area (Å²) in [5, 5.41) is 0.130. The molecule has 1 aromatic rings. The molecule has 3 nitrogen and oxygen atoms in total. The van der Waals surface area contributed by atoms with Crippen molar-refractivity contribution in [3.63, 3.8) is 0 Å². The van der Waals surface area contributed by atoms with Crippen molar-refractivity contribution in [2.75, 3.05) is 13.7 Å². The number of rotatable bonds is 3. The number of aryl methyl sites for hydroxylation is 1. The quantitative estimate of drug-likeness (QED) is 0.853. The Hall–Kier alpha value is -0.680. The molecular formula is C13H16BrNO2S. The Balaban J connectivity index is 1.98. The second kappa shape index (κ2) is 5.53. The standard InChI is InChI=1S/C13H16BrNO2S/c1-8-4-5-11(10(14)6-8)17-7-12-15(3)13(16)9(2)18-12/h4-6,9,12H,7H2,1-3H3. The summed E-state index contributed by atoms with van der Waals surface area (Å²) >= 11 is 5.13. The van der Waals surface area contributed by atoms with Gasteiger partial charge in [0, 0.05) is 7.05 Å². The van der Waals surface area contributed by atoms with Gasteiger partial charge in [0.2, 0.25) is 5.91 Å². The van der Waals surface area contributed by atoms with Gasteiger partial charge in [-0.1, -0.05) is 6.07 Å². The number of ether oxygens (including phenoxy) is 1. The maximum atomic E-state index is 11.7. The van der Waals surface area contributed by atoms with Crippen LogP contribution in [0, 0.1) is 6.92 Å². The second-order valence-electron chi connectivity index (χ2n) is 4.43. The minimum absolute atomic E-state index is 0.0325. The van der Waals surface area contributed by atoms with Crippen molar-refractivity contribution in [2.45, 2.75) is 24.5 Å². The molecule has 0 aromatic heterocycles. The van der Waals surface area contributed by atoms with E-state index in [0.29, 0.717) is 6.61 Å². The molecule has 98 valence electrons. The Kier molecular flexibility index (Phi) is 4.22. The van der Waals surface area contributed by atoms with E-state index in [1.54, 1.807) is 16.7 Å². The predicted octanol–water partition coefficient (Wildman–Crippen LogP) is 3.06. The molecular weight excluding hydrogens is 314 g/mol. The van der Waals surface area contributed by atoms with Gasteiger partial charge >= 0.3 is 0 Å². The lowest BCUT2D eigenvalue weighted by Crippen LogP contribution is -2.33. The number of nitrogens with zero attached hydrogens (tertiary/aromatic N) is 1. The Bertz CT molecular complexity index is 466. The van der Waals surface area contributed by atoms with Crippen molar-refractivity contribution < 1.29 is 9.53 Å². The van der Waals surface area contributed by atoms with Crippen LogP contribution >= 0.6 is 27.7 Å². The zero-order valence-electron chi connectivity index (χ0n) is 10.6. The second-order valence-corrected chi connectivity index (χ2v) is 6.80. The highest BCUT2D eigenvalue weighted by Crippen LogP contribution is 2.32. The van der Waals surface area contributed by atoms with Gasteiger partial charge in [0.25, 0.3) is 0 Å². The molecule has 2 rings (SSSR count). The molecule has 5 heteroatoms. The molecule has 0 aliphatic carbocycles. The topological polar surface area (TPSA) is 29.5 Å². The first kappa shape index (κ1) is 13.7. The van der Waals surface area contributed by atoms with Gasteiger partial charge in [-0.15, -0.1) is 11.8 Å². The van der Waals surface area contributed by atoms with Crippen LogP contribution in [-0.4, -0.2) is 35.1 Å². The van der Waals surface area contributed by atoms with Crippen LogP contribution in [0.1, 0.15) is 12.5 Å². The largest absolute Gasteiger partial charge is 0.489 e. The summed E-state index contributed by atoms with van der Waals surface area (Å²) in [5.41, 5.74) is 1.19. The number of amides is 1. The number of hydrogen-bond donors (Lipinski definition) is 0. The molecule has 2 atom stereocenters. The van der Waals surface area contributed by atoms with Gasteiger partial charge in [-0.05, 0) is 47.5 Å². The summed E-state index contributed by atoms with van der Waals surface area (Å²) in [6.45, 7) is 4.49. The zero-order valence-corrected chi connectivity index (χ0v) is 13.0. The predicted molar refractivity (Wildman–Crippen MR) is 78.0 cm³/mol. The summed E-state index contributed by atoms with van der Waals surface area (Å²) in [6, 6.07) is 5.98. The lowest BCUT2D eigenvalue weighted by atomic mass is 10.2. The fraction of sp³-hybridized carbons (Fsp3) is 0.462. The smallest absolute Gasteiger partial charge is 0.236 e. The van der Waals surface area contributed by atoms with Crippen LogP contribution in [0.4, 0.5) is 0 Å². The van der Waals surface area contributed by atoms with Crippen LogP contribution in [0.2, 0.25) is 0 Å². The Morgan fingerprint density at radius 2 is 2.22 bits per heavy atom. The fourth-order valence-electron chi connectivity index (χ4n) is 1.85. The normalized spacial score (nSPS) is 23.6. The average molecular weight is 330 g/mol. The van der Waals surface area contributed by atoms with Gasteiger partial charge in [-0.25, -0.2) is 0 Å². The van der Waals surface area contributed by atoms with E-state index in [2.05, 4.69) is 15.9 Å². The molecule has 0 spiro atoms. The minimum atomic E-state index is 0.0325. The molecule has 1 aromatic carbocycles. The van der Waals surface area contributed by atoms with E-state index in [9.17, 15) is 4.79 Å². The number of hydrogen-bond acceptors (Lipinski definition) is 3. The molecule has 0 bridgehead atoms. The highest BCUT2D eigenvalue weighted by atomic mass is 79.9. The monoisotopic (exact) mass is 329 g/mol. The number of thioether (sulfide) groups is 1. The van der Waals surface area contributed by atoms with E-state index in [-0.39, 0.29) is 16.5 Å². The van der Waals surface area contributed by atoms with Crippen LogP contribution in [-0.2, 0) is 4.79 Å². The highest BCUT2D eigenvalue weighted by molar-refractivity contribution is 9.10. The van der Waals surface area contributed by atoms with Gasteiger partial charge in [0.1, 0.15) is 17.7 Å². The van der Waals surface area contributed by atoms with E-state index < -0.39 is 0 Å². The molecule has 1 amide bonds. The number of halogens is 1. The van der Waals surface area contributed by atoms with Crippen LogP contribution < -0.4 is 4.74 Å². The van der Waals surface area contributed by atoms with Crippen LogP contribution in [0.25, 0.3) is 0 Å². The van der Waals surface area contributed by atoms with E-state index in [4.69, 9.17) is 4.74 Å². The maximum Gasteiger partial charge on any atom is 0.236 e. The Labute approximate surface area is 120 Å². The lowest BCUT2D eigenvalue weighted by Gasteiger charge is -2.19.